The Morgan fingerprint density at radius 2 is 1.32 bits per heavy atom. The minimum absolute atomic E-state index is 0.289. The van der Waals surface area contributed by atoms with Gasteiger partial charge in [0.25, 0.3) is 0 Å². The number of aliphatic carboxylic acids is 2. The highest BCUT2D eigenvalue weighted by Crippen LogP contribution is 1.87. The van der Waals surface area contributed by atoms with Gasteiger partial charge in [0, 0.05) is 6.08 Å². The third kappa shape index (κ3) is 16.7. The molecule has 0 amide bonds. The molecule has 0 aliphatic rings. The van der Waals surface area contributed by atoms with Crippen LogP contribution in [0.2, 0.25) is 0 Å². The number of hydrogen-bond acceptors (Lipinski definition) is 3. The Hall–Kier alpha value is -1.36. The van der Waals surface area contributed by atoms with Crippen molar-refractivity contribution in [2.45, 2.75) is 66.2 Å². The third-order valence-electron chi connectivity index (χ3n) is 3.31. The van der Waals surface area contributed by atoms with E-state index in [1.165, 1.54) is 58.2 Å². The highest BCUT2D eigenvalue weighted by atomic mass is 16.4. The van der Waals surface area contributed by atoms with E-state index >= 15 is 0 Å². The molecule has 130 valence electrons. The van der Waals surface area contributed by atoms with Crippen LogP contribution in [0.4, 0.5) is 0 Å². The molecule has 0 unspecified atom stereocenters. The summed E-state index contributed by atoms with van der Waals surface area (Å²) in [7, 11) is 0. The number of carbonyl (C=O) groups excluding carboxylic acids is 1. The second-order valence-electron chi connectivity index (χ2n) is 5.51. The summed E-state index contributed by atoms with van der Waals surface area (Å²) in [6.45, 7) is 12.2. The van der Waals surface area contributed by atoms with Gasteiger partial charge in [0.1, 0.15) is 0 Å². The van der Waals surface area contributed by atoms with Crippen molar-refractivity contribution >= 4 is 11.9 Å². The van der Waals surface area contributed by atoms with E-state index in [1.54, 1.807) is 0 Å². The summed E-state index contributed by atoms with van der Waals surface area (Å²) in [6, 6.07) is 0. The van der Waals surface area contributed by atoms with Crippen molar-refractivity contribution in [3.63, 3.8) is 0 Å². The fourth-order valence-electron chi connectivity index (χ4n) is 1.90. The predicted octanol–water partition coefficient (Wildman–Crippen LogP) is 1.04. The van der Waals surface area contributed by atoms with E-state index in [-0.39, 0.29) is 5.57 Å². The highest BCUT2D eigenvalue weighted by Gasteiger charge is 2.05. The van der Waals surface area contributed by atoms with Crippen LogP contribution in [0.1, 0.15) is 66.2 Å². The van der Waals surface area contributed by atoms with Gasteiger partial charge in [-0.2, -0.15) is 0 Å². The van der Waals surface area contributed by atoms with Crippen LogP contribution in [-0.2, 0) is 9.59 Å². The molecule has 2 N–H and O–H groups in total. The summed E-state index contributed by atoms with van der Waals surface area (Å²) in [4.78, 5) is 21.4. The van der Waals surface area contributed by atoms with Gasteiger partial charge in [-0.1, -0.05) is 40.0 Å². The standard InChI is InChI=1S/C12H27N.C5H6O4/c1-4-7-10-13(11-8-5-2)12-9-6-3;1-3(5(8)9)2-4(6)7/h4-12H2,1-3H3;2H,1H3,(H,6,7)(H,8,9)/b;3-2-. The third-order valence-corrected chi connectivity index (χ3v) is 3.31. The molecule has 0 spiro atoms. The number of quaternary nitrogens is 1. The molecule has 0 aliphatic carbocycles. The van der Waals surface area contributed by atoms with Gasteiger partial charge < -0.3 is 19.9 Å². The van der Waals surface area contributed by atoms with Crippen molar-refractivity contribution in [2.75, 3.05) is 19.6 Å². The number of unbranched alkanes of at least 4 members (excludes halogenated alkanes) is 3. The molecule has 0 saturated heterocycles. The molecule has 0 heterocycles. The number of rotatable bonds is 11. The quantitative estimate of drug-likeness (QED) is 0.558. The molecule has 0 aromatic rings. The van der Waals surface area contributed by atoms with Crippen LogP contribution in [0.15, 0.2) is 11.6 Å². The normalized spacial score (nSPS) is 11.0. The lowest BCUT2D eigenvalue weighted by atomic mass is 10.2. The Morgan fingerprint density at radius 3 is 1.50 bits per heavy atom. The second kappa shape index (κ2) is 16.0. The maximum Gasteiger partial charge on any atom is 0.328 e. The van der Waals surface area contributed by atoms with Gasteiger partial charge in [-0.25, -0.2) is 4.79 Å². The van der Waals surface area contributed by atoms with E-state index < -0.39 is 11.9 Å². The molecule has 0 aromatic heterocycles. The maximum absolute atomic E-state index is 9.79. The molecule has 0 atom stereocenters. The molecule has 0 aliphatic heterocycles. The van der Waals surface area contributed by atoms with Gasteiger partial charge in [0.15, 0.2) is 0 Å². The van der Waals surface area contributed by atoms with E-state index in [0.717, 1.165) is 6.92 Å². The molecule has 0 radical (unpaired) electrons. The van der Waals surface area contributed by atoms with Crippen LogP contribution < -0.4 is 10.0 Å². The van der Waals surface area contributed by atoms with Gasteiger partial charge >= 0.3 is 5.97 Å². The number of carboxylic acid groups (broad SMARTS) is 2. The molecule has 5 heteroatoms. The van der Waals surface area contributed by atoms with E-state index in [1.807, 2.05) is 4.90 Å². The topological polar surface area (TPSA) is 81.9 Å². The highest BCUT2D eigenvalue weighted by molar-refractivity contribution is 5.92. The summed E-state index contributed by atoms with van der Waals surface area (Å²) in [5.74, 6) is -2.74. The molecule has 22 heavy (non-hydrogen) atoms. The fraction of sp³-hybridized carbons (Fsp3) is 0.765. The van der Waals surface area contributed by atoms with Crippen molar-refractivity contribution in [3.8, 4) is 0 Å². The average molecular weight is 315 g/mol. The number of carboxylic acids is 2. The minimum atomic E-state index is -1.46. The predicted molar refractivity (Wildman–Crippen MR) is 86.7 cm³/mol. The maximum atomic E-state index is 9.79. The Labute approximate surface area is 135 Å². The number of carbonyl (C=O) groups is 2. The summed E-state index contributed by atoms with van der Waals surface area (Å²) in [5.41, 5.74) is -0.289. The van der Waals surface area contributed by atoms with Gasteiger partial charge in [-0.05, 0) is 31.8 Å². The Bertz CT molecular complexity index is 308. The van der Waals surface area contributed by atoms with Crippen molar-refractivity contribution in [3.05, 3.63) is 11.6 Å². The van der Waals surface area contributed by atoms with Gasteiger partial charge in [-0.15, -0.1) is 0 Å². The molecule has 0 fully saturated rings. The van der Waals surface area contributed by atoms with Crippen molar-refractivity contribution in [1.82, 2.24) is 0 Å². The SMILES string of the molecule is C/C(=C/C(=O)O)C(=O)[O-].CCCC[NH+](CCCC)CCCC. The average Bonchev–Trinajstić information content (AvgIpc) is 2.46. The van der Waals surface area contributed by atoms with Crippen molar-refractivity contribution in [2.24, 2.45) is 0 Å². The number of hydrogen-bond donors (Lipinski definition) is 2. The molecular weight excluding hydrogens is 282 g/mol. The first-order chi connectivity index (χ1) is 10.4. The van der Waals surface area contributed by atoms with Crippen LogP contribution in [0.5, 0.6) is 0 Å². The van der Waals surface area contributed by atoms with Crippen molar-refractivity contribution < 1.29 is 24.7 Å². The zero-order valence-corrected chi connectivity index (χ0v) is 14.6. The summed E-state index contributed by atoms with van der Waals surface area (Å²) < 4.78 is 0. The molecule has 0 bridgehead atoms. The van der Waals surface area contributed by atoms with E-state index in [0.29, 0.717) is 6.08 Å². The first kappa shape index (κ1) is 22.9. The van der Waals surface area contributed by atoms with Gasteiger partial charge in [-0.3, -0.25) is 0 Å². The zero-order chi connectivity index (χ0) is 17.4. The Morgan fingerprint density at radius 1 is 0.955 bits per heavy atom. The minimum Gasteiger partial charge on any atom is -0.545 e. The molecular formula is C17H33NO4. The van der Waals surface area contributed by atoms with Crippen LogP contribution in [0.25, 0.3) is 0 Å². The van der Waals surface area contributed by atoms with Gasteiger partial charge in [0.05, 0.1) is 25.6 Å². The van der Waals surface area contributed by atoms with Crippen LogP contribution >= 0.6 is 0 Å². The summed E-state index contributed by atoms with van der Waals surface area (Å²) in [5, 5.41) is 17.8. The lowest BCUT2D eigenvalue weighted by Crippen LogP contribution is -3.12. The Balaban J connectivity index is 0. The second-order valence-corrected chi connectivity index (χ2v) is 5.51. The lowest BCUT2D eigenvalue weighted by molar-refractivity contribution is -0.900. The van der Waals surface area contributed by atoms with Crippen LogP contribution in [0, 0.1) is 0 Å². The van der Waals surface area contributed by atoms with E-state index in [9.17, 15) is 14.7 Å². The van der Waals surface area contributed by atoms with Gasteiger partial charge in [0.2, 0.25) is 0 Å². The number of nitrogens with one attached hydrogen (secondary N) is 1. The van der Waals surface area contributed by atoms with Crippen molar-refractivity contribution in [1.29, 1.82) is 0 Å². The monoisotopic (exact) mass is 315 g/mol. The summed E-state index contributed by atoms with van der Waals surface area (Å²) in [6.07, 6.45) is 8.84. The lowest BCUT2D eigenvalue weighted by Gasteiger charge is -2.18. The smallest absolute Gasteiger partial charge is 0.328 e. The largest absolute Gasteiger partial charge is 0.545 e. The summed E-state index contributed by atoms with van der Waals surface area (Å²) >= 11 is 0. The zero-order valence-electron chi connectivity index (χ0n) is 14.6. The molecule has 5 nitrogen and oxygen atoms in total. The first-order valence-corrected chi connectivity index (χ1v) is 8.35. The molecule has 0 rings (SSSR count). The van der Waals surface area contributed by atoms with Crippen LogP contribution in [0.3, 0.4) is 0 Å². The molecule has 0 saturated carbocycles. The van der Waals surface area contributed by atoms with E-state index in [4.69, 9.17) is 5.11 Å². The molecule has 0 aromatic carbocycles. The fourth-order valence-corrected chi connectivity index (χ4v) is 1.90. The first-order valence-electron chi connectivity index (χ1n) is 8.35. The van der Waals surface area contributed by atoms with Crippen LogP contribution in [-0.4, -0.2) is 36.7 Å². The van der Waals surface area contributed by atoms with E-state index in [2.05, 4.69) is 20.8 Å². The Kier molecular flexibility index (Phi) is 16.7.